The molecule has 1 fully saturated rings. The number of hydrogen-bond donors (Lipinski definition) is 2. The number of methoxy groups -OCH3 is 1. The summed E-state index contributed by atoms with van der Waals surface area (Å²) in [6.07, 6.45) is 7.64. The van der Waals surface area contributed by atoms with Crippen molar-refractivity contribution in [2.45, 2.75) is 18.9 Å². The van der Waals surface area contributed by atoms with E-state index in [0.29, 0.717) is 6.04 Å². The number of ether oxygens (including phenoxy) is 1. The monoisotopic (exact) mass is 330 g/mol. The van der Waals surface area contributed by atoms with Gasteiger partial charge in [0.15, 0.2) is 0 Å². The van der Waals surface area contributed by atoms with Gasteiger partial charge in [-0.1, -0.05) is 11.3 Å². The van der Waals surface area contributed by atoms with Crippen molar-refractivity contribution in [2.75, 3.05) is 25.5 Å². The van der Waals surface area contributed by atoms with E-state index in [1.807, 2.05) is 16.8 Å². The zero-order chi connectivity index (χ0) is 15.6. The second-order valence-corrected chi connectivity index (χ2v) is 6.50. The molecule has 0 aliphatic carbocycles. The number of fused-ring (bicyclic) bond motifs is 1. The molecule has 1 aliphatic heterocycles. The van der Waals surface area contributed by atoms with E-state index in [1.54, 1.807) is 30.8 Å². The van der Waals surface area contributed by atoms with Crippen LogP contribution in [-0.4, -0.2) is 45.8 Å². The van der Waals surface area contributed by atoms with Crippen LogP contribution < -0.4 is 15.4 Å². The van der Waals surface area contributed by atoms with Gasteiger partial charge < -0.3 is 15.4 Å². The molecule has 3 aromatic rings. The zero-order valence-electron chi connectivity index (χ0n) is 12.8. The third kappa shape index (κ3) is 2.99. The molecule has 23 heavy (non-hydrogen) atoms. The van der Waals surface area contributed by atoms with Crippen molar-refractivity contribution < 1.29 is 4.74 Å². The molecule has 0 radical (unpaired) electrons. The molecule has 3 aromatic heterocycles. The Labute approximate surface area is 137 Å². The molecule has 4 rings (SSSR count). The Bertz CT molecular complexity index is 776. The molecular weight excluding hydrogens is 312 g/mol. The van der Waals surface area contributed by atoms with Crippen molar-refractivity contribution in [2.24, 2.45) is 0 Å². The first kappa shape index (κ1) is 14.4. The van der Waals surface area contributed by atoms with Crippen LogP contribution in [-0.2, 0) is 0 Å². The van der Waals surface area contributed by atoms with Gasteiger partial charge in [0.25, 0.3) is 0 Å². The smallest absolute Gasteiger partial charge is 0.214 e. The summed E-state index contributed by atoms with van der Waals surface area (Å²) in [4.78, 5) is 9.69. The van der Waals surface area contributed by atoms with Gasteiger partial charge in [-0.3, -0.25) is 4.98 Å². The highest BCUT2D eigenvalue weighted by atomic mass is 32.1. The number of rotatable bonds is 4. The predicted molar refractivity (Wildman–Crippen MR) is 90.2 cm³/mol. The molecule has 1 saturated heterocycles. The predicted octanol–water partition coefficient (Wildman–Crippen LogP) is 2.03. The Morgan fingerprint density at radius 2 is 2.22 bits per heavy atom. The number of anilines is 1. The van der Waals surface area contributed by atoms with E-state index in [0.717, 1.165) is 53.0 Å². The number of pyridine rings is 1. The molecule has 120 valence electrons. The fourth-order valence-corrected chi connectivity index (χ4v) is 3.57. The molecule has 0 saturated carbocycles. The summed E-state index contributed by atoms with van der Waals surface area (Å²) in [5, 5.41) is 12.4. The van der Waals surface area contributed by atoms with Gasteiger partial charge in [0, 0.05) is 17.8 Å². The first-order chi connectivity index (χ1) is 11.3. The SMILES string of the molecule is COc1cncc(-c2cn3nc(NC4CCNCC4)sc3n2)c1. The average Bonchev–Trinajstić information content (AvgIpc) is 3.14. The molecule has 0 unspecified atom stereocenters. The molecule has 8 heteroatoms. The van der Waals surface area contributed by atoms with E-state index in [1.165, 1.54) is 0 Å². The van der Waals surface area contributed by atoms with Gasteiger partial charge in [0.05, 0.1) is 25.2 Å². The van der Waals surface area contributed by atoms with E-state index in [4.69, 9.17) is 4.74 Å². The maximum absolute atomic E-state index is 5.21. The van der Waals surface area contributed by atoms with Crippen LogP contribution in [0.15, 0.2) is 24.7 Å². The van der Waals surface area contributed by atoms with Crippen LogP contribution in [0.2, 0.25) is 0 Å². The Balaban J connectivity index is 1.56. The minimum atomic E-state index is 0.495. The number of piperidine rings is 1. The minimum Gasteiger partial charge on any atom is -0.495 e. The van der Waals surface area contributed by atoms with E-state index in [9.17, 15) is 0 Å². The minimum absolute atomic E-state index is 0.495. The van der Waals surface area contributed by atoms with Gasteiger partial charge in [-0.15, -0.1) is 5.10 Å². The Morgan fingerprint density at radius 1 is 1.35 bits per heavy atom. The third-order valence-electron chi connectivity index (χ3n) is 3.95. The van der Waals surface area contributed by atoms with Gasteiger partial charge >= 0.3 is 0 Å². The summed E-state index contributed by atoms with van der Waals surface area (Å²) >= 11 is 1.57. The molecule has 2 N–H and O–H groups in total. The fourth-order valence-electron chi connectivity index (χ4n) is 2.71. The molecule has 0 bridgehead atoms. The van der Waals surface area contributed by atoms with Crippen molar-refractivity contribution >= 4 is 21.4 Å². The van der Waals surface area contributed by atoms with Crippen LogP contribution in [0.5, 0.6) is 5.75 Å². The van der Waals surface area contributed by atoms with Crippen LogP contribution in [0, 0.1) is 0 Å². The molecule has 4 heterocycles. The second-order valence-electron chi connectivity index (χ2n) is 5.54. The third-order valence-corrected chi connectivity index (χ3v) is 4.81. The molecule has 0 spiro atoms. The summed E-state index contributed by atoms with van der Waals surface area (Å²) < 4.78 is 7.03. The molecule has 1 aliphatic rings. The molecule has 0 atom stereocenters. The maximum atomic E-state index is 5.21. The highest BCUT2D eigenvalue weighted by Crippen LogP contribution is 2.26. The van der Waals surface area contributed by atoms with Gasteiger partial charge in [0.1, 0.15) is 5.75 Å². The van der Waals surface area contributed by atoms with Crippen molar-refractivity contribution in [3.05, 3.63) is 24.7 Å². The standard InChI is InChI=1S/C15H18N6OS/c1-22-12-6-10(7-17-8-12)13-9-21-15(19-13)23-14(20-21)18-11-2-4-16-5-3-11/h6-9,11,16H,2-5H2,1H3,(H,18,20). The van der Waals surface area contributed by atoms with E-state index in [-0.39, 0.29) is 0 Å². The Hall–Kier alpha value is -2.19. The largest absolute Gasteiger partial charge is 0.495 e. The maximum Gasteiger partial charge on any atom is 0.214 e. The van der Waals surface area contributed by atoms with Crippen molar-refractivity contribution in [3.63, 3.8) is 0 Å². The number of aromatic nitrogens is 4. The normalized spacial score (nSPS) is 15.9. The van der Waals surface area contributed by atoms with Crippen LogP contribution in [0.3, 0.4) is 0 Å². The molecule has 0 aromatic carbocycles. The van der Waals surface area contributed by atoms with Gasteiger partial charge in [0.2, 0.25) is 10.1 Å². The number of nitrogens with zero attached hydrogens (tertiary/aromatic N) is 4. The zero-order valence-corrected chi connectivity index (χ0v) is 13.6. The summed E-state index contributed by atoms with van der Waals surface area (Å²) in [6, 6.07) is 2.42. The van der Waals surface area contributed by atoms with Crippen molar-refractivity contribution in [3.8, 4) is 17.0 Å². The summed E-state index contributed by atoms with van der Waals surface area (Å²) in [7, 11) is 1.63. The lowest BCUT2D eigenvalue weighted by Gasteiger charge is -2.22. The van der Waals surface area contributed by atoms with Gasteiger partial charge in [-0.2, -0.15) is 0 Å². The molecule has 7 nitrogen and oxygen atoms in total. The first-order valence-corrected chi connectivity index (χ1v) is 8.46. The summed E-state index contributed by atoms with van der Waals surface area (Å²) in [5.41, 5.74) is 1.78. The quantitative estimate of drug-likeness (QED) is 0.762. The van der Waals surface area contributed by atoms with Gasteiger partial charge in [-0.25, -0.2) is 9.50 Å². The topological polar surface area (TPSA) is 76.4 Å². The highest BCUT2D eigenvalue weighted by molar-refractivity contribution is 7.20. The number of nitrogens with one attached hydrogen (secondary N) is 2. The number of hydrogen-bond acceptors (Lipinski definition) is 7. The highest BCUT2D eigenvalue weighted by Gasteiger charge is 2.16. The summed E-state index contributed by atoms with van der Waals surface area (Å²) in [6.45, 7) is 2.13. The van der Waals surface area contributed by atoms with Crippen LogP contribution >= 0.6 is 11.3 Å². The van der Waals surface area contributed by atoms with Crippen molar-refractivity contribution in [1.82, 2.24) is 24.9 Å². The lowest BCUT2D eigenvalue weighted by atomic mass is 10.1. The molecule has 0 amide bonds. The van der Waals surface area contributed by atoms with Gasteiger partial charge in [-0.05, 0) is 32.0 Å². The van der Waals surface area contributed by atoms with Crippen LogP contribution in [0.4, 0.5) is 5.13 Å². The van der Waals surface area contributed by atoms with Crippen molar-refractivity contribution in [1.29, 1.82) is 0 Å². The molecular formula is C15H18N6OS. The van der Waals surface area contributed by atoms with E-state index < -0.39 is 0 Å². The Morgan fingerprint density at radius 3 is 3.00 bits per heavy atom. The van der Waals surface area contributed by atoms with Crippen LogP contribution in [0.25, 0.3) is 16.2 Å². The van der Waals surface area contributed by atoms with E-state index >= 15 is 0 Å². The summed E-state index contributed by atoms with van der Waals surface area (Å²) in [5.74, 6) is 0.722. The lowest BCUT2D eigenvalue weighted by molar-refractivity contribution is 0.413. The second kappa shape index (κ2) is 6.13. The lowest BCUT2D eigenvalue weighted by Crippen LogP contribution is -2.35. The van der Waals surface area contributed by atoms with E-state index in [2.05, 4.69) is 25.7 Å². The fraction of sp³-hybridized carbons (Fsp3) is 0.400. The number of imidazole rings is 1. The first-order valence-electron chi connectivity index (χ1n) is 7.65. The Kier molecular flexibility index (Phi) is 3.84. The average molecular weight is 330 g/mol. The van der Waals surface area contributed by atoms with Crippen LogP contribution in [0.1, 0.15) is 12.8 Å².